The number of hydrogen-bond acceptors (Lipinski definition) is 2. The summed E-state index contributed by atoms with van der Waals surface area (Å²) in [5.41, 5.74) is 2.54. The van der Waals surface area contributed by atoms with Crippen LogP contribution in [0.25, 0.3) is 0 Å². The largest absolute Gasteiger partial charge is 0.502 e. The maximum Gasteiger partial charge on any atom is 0.502 e. The zero-order chi connectivity index (χ0) is 13.7. The van der Waals surface area contributed by atoms with Gasteiger partial charge in [-0.2, -0.15) is 4.89 Å². The summed E-state index contributed by atoms with van der Waals surface area (Å²) in [5, 5.41) is 0. The SMILES string of the molecule is C[P+](=O)O.c1ccc(C2OC2c2ccccc2)cc1. The second kappa shape index (κ2) is 6.58. The first-order chi connectivity index (χ1) is 9.18. The zero-order valence-corrected chi connectivity index (χ0v) is 11.5. The van der Waals surface area contributed by atoms with E-state index in [9.17, 15) is 0 Å². The van der Waals surface area contributed by atoms with Gasteiger partial charge in [-0.25, -0.2) is 0 Å². The Bertz CT molecular complexity index is 480. The maximum atomic E-state index is 9.15. The highest BCUT2D eigenvalue weighted by Gasteiger charge is 2.40. The van der Waals surface area contributed by atoms with Gasteiger partial charge < -0.3 is 4.74 Å². The molecule has 3 rings (SSSR count). The highest BCUT2D eigenvalue weighted by molar-refractivity contribution is 7.36. The average molecular weight is 275 g/mol. The van der Waals surface area contributed by atoms with Crippen LogP contribution in [0.3, 0.4) is 0 Å². The van der Waals surface area contributed by atoms with Crippen LogP contribution in [-0.4, -0.2) is 11.6 Å². The maximum absolute atomic E-state index is 9.15. The van der Waals surface area contributed by atoms with Crippen molar-refractivity contribution in [3.63, 3.8) is 0 Å². The molecular formula is C15H16O3P+. The van der Waals surface area contributed by atoms with Gasteiger partial charge in [-0.1, -0.05) is 60.7 Å². The second-order valence-electron chi connectivity index (χ2n) is 4.26. The molecule has 98 valence electrons. The Balaban J connectivity index is 0.000000297. The summed E-state index contributed by atoms with van der Waals surface area (Å²) in [6.45, 7) is 1.23. The van der Waals surface area contributed by atoms with E-state index in [4.69, 9.17) is 14.2 Å². The molecule has 19 heavy (non-hydrogen) atoms. The van der Waals surface area contributed by atoms with Crippen LogP contribution in [0.5, 0.6) is 0 Å². The van der Waals surface area contributed by atoms with Crippen molar-refractivity contribution in [1.82, 2.24) is 0 Å². The summed E-state index contributed by atoms with van der Waals surface area (Å²) in [4.78, 5) is 7.56. The molecule has 0 aromatic heterocycles. The first-order valence-corrected chi connectivity index (χ1v) is 7.69. The van der Waals surface area contributed by atoms with Crippen molar-refractivity contribution in [3.8, 4) is 0 Å². The Hall–Kier alpha value is -1.54. The molecule has 1 saturated heterocycles. The van der Waals surface area contributed by atoms with Crippen LogP contribution < -0.4 is 0 Å². The molecule has 0 amide bonds. The summed E-state index contributed by atoms with van der Waals surface area (Å²) in [6, 6.07) is 20.8. The fourth-order valence-corrected chi connectivity index (χ4v) is 1.90. The van der Waals surface area contributed by atoms with Gasteiger partial charge in [0.1, 0.15) is 12.2 Å². The molecule has 1 N–H and O–H groups in total. The average Bonchev–Trinajstić information content (AvgIpc) is 3.20. The van der Waals surface area contributed by atoms with E-state index >= 15 is 0 Å². The minimum absolute atomic E-state index is 0.258. The van der Waals surface area contributed by atoms with E-state index in [1.165, 1.54) is 17.8 Å². The molecule has 2 aromatic carbocycles. The summed E-state index contributed by atoms with van der Waals surface area (Å²) < 4.78 is 14.8. The lowest BCUT2D eigenvalue weighted by molar-refractivity contribution is 0.377. The van der Waals surface area contributed by atoms with Gasteiger partial charge >= 0.3 is 8.03 Å². The molecule has 1 fully saturated rings. The van der Waals surface area contributed by atoms with Gasteiger partial charge in [0, 0.05) is 0 Å². The van der Waals surface area contributed by atoms with Crippen molar-refractivity contribution in [2.24, 2.45) is 0 Å². The molecule has 0 saturated carbocycles. The Morgan fingerprint density at radius 3 is 1.53 bits per heavy atom. The lowest BCUT2D eigenvalue weighted by Gasteiger charge is -1.95. The van der Waals surface area contributed by atoms with E-state index in [0.717, 1.165) is 0 Å². The van der Waals surface area contributed by atoms with E-state index in [2.05, 4.69) is 48.5 Å². The van der Waals surface area contributed by atoms with Crippen LogP contribution in [-0.2, 0) is 9.30 Å². The van der Waals surface area contributed by atoms with Crippen LogP contribution in [0.1, 0.15) is 23.3 Å². The molecule has 0 aliphatic carbocycles. The van der Waals surface area contributed by atoms with Crippen LogP contribution >= 0.6 is 8.03 Å². The third kappa shape index (κ3) is 4.25. The van der Waals surface area contributed by atoms with E-state index < -0.39 is 8.03 Å². The van der Waals surface area contributed by atoms with Gasteiger partial charge in [0.05, 0.1) is 0 Å². The zero-order valence-electron chi connectivity index (χ0n) is 10.6. The van der Waals surface area contributed by atoms with E-state index in [-0.39, 0.29) is 12.2 Å². The van der Waals surface area contributed by atoms with Crippen molar-refractivity contribution in [2.45, 2.75) is 12.2 Å². The molecule has 1 aliphatic rings. The minimum atomic E-state index is -1.87. The summed E-state index contributed by atoms with van der Waals surface area (Å²) in [5.74, 6) is 0. The first kappa shape index (κ1) is 13.9. The third-order valence-electron chi connectivity index (χ3n) is 2.75. The number of rotatable bonds is 2. The molecule has 3 atom stereocenters. The number of hydrogen-bond donors (Lipinski definition) is 1. The molecular weight excluding hydrogens is 259 g/mol. The van der Waals surface area contributed by atoms with Crippen LogP contribution in [0.2, 0.25) is 0 Å². The third-order valence-corrected chi connectivity index (χ3v) is 2.75. The van der Waals surface area contributed by atoms with Gasteiger partial charge in [-0.15, -0.1) is 0 Å². The molecule has 3 nitrogen and oxygen atoms in total. The summed E-state index contributed by atoms with van der Waals surface area (Å²) in [6.07, 6.45) is 0.516. The van der Waals surface area contributed by atoms with Crippen LogP contribution in [0.15, 0.2) is 60.7 Å². The quantitative estimate of drug-likeness (QED) is 0.669. The predicted octanol–water partition coefficient (Wildman–Crippen LogP) is 3.85. The minimum Gasteiger partial charge on any atom is -0.359 e. The molecule has 0 spiro atoms. The molecule has 4 heteroatoms. The predicted molar refractivity (Wildman–Crippen MR) is 75.2 cm³/mol. The van der Waals surface area contributed by atoms with Crippen molar-refractivity contribution >= 4 is 8.03 Å². The summed E-state index contributed by atoms with van der Waals surface area (Å²) in [7, 11) is -1.87. The highest BCUT2D eigenvalue weighted by atomic mass is 31.1. The van der Waals surface area contributed by atoms with E-state index in [1.807, 2.05) is 12.1 Å². The Kier molecular flexibility index (Phi) is 4.80. The molecule has 0 radical (unpaired) electrons. The smallest absolute Gasteiger partial charge is 0.359 e. The Labute approximate surface area is 113 Å². The van der Waals surface area contributed by atoms with Crippen LogP contribution in [0.4, 0.5) is 0 Å². The van der Waals surface area contributed by atoms with Gasteiger partial charge in [0.2, 0.25) is 0 Å². The van der Waals surface area contributed by atoms with Crippen molar-refractivity contribution < 1.29 is 14.2 Å². The van der Waals surface area contributed by atoms with E-state index in [0.29, 0.717) is 0 Å². The van der Waals surface area contributed by atoms with Crippen molar-refractivity contribution in [1.29, 1.82) is 0 Å². The number of ether oxygens (including phenoxy) is 1. The molecule has 1 aliphatic heterocycles. The van der Waals surface area contributed by atoms with Gasteiger partial charge in [-0.05, 0) is 15.7 Å². The molecule has 1 heterocycles. The monoisotopic (exact) mass is 275 g/mol. The lowest BCUT2D eigenvalue weighted by atomic mass is 10.0. The van der Waals surface area contributed by atoms with Gasteiger partial charge in [0.25, 0.3) is 0 Å². The topological polar surface area (TPSA) is 49.8 Å². The number of benzene rings is 2. The number of epoxide rings is 1. The Morgan fingerprint density at radius 1 is 0.895 bits per heavy atom. The van der Waals surface area contributed by atoms with Gasteiger partial charge in [0.15, 0.2) is 6.66 Å². The van der Waals surface area contributed by atoms with Crippen LogP contribution in [0, 0.1) is 0 Å². The molecule has 0 bridgehead atoms. The normalized spacial score (nSPS) is 21.1. The summed E-state index contributed by atoms with van der Waals surface area (Å²) >= 11 is 0. The van der Waals surface area contributed by atoms with Crippen molar-refractivity contribution in [3.05, 3.63) is 71.8 Å². The lowest BCUT2D eigenvalue weighted by Crippen LogP contribution is -1.82. The fraction of sp³-hybridized carbons (Fsp3) is 0.200. The fourth-order valence-electron chi connectivity index (χ4n) is 1.90. The standard InChI is InChI=1S/C14H12O.CH3O2P/c1-3-7-11(8-4-1)13-14(15-13)12-9-5-2-6-10-12;1-4(2)3/h1-10,13-14H;1H3/p+1. The highest BCUT2D eigenvalue weighted by Crippen LogP contribution is 2.50. The van der Waals surface area contributed by atoms with E-state index in [1.54, 1.807) is 0 Å². The molecule has 3 unspecified atom stereocenters. The molecule has 2 aromatic rings. The second-order valence-corrected chi connectivity index (χ2v) is 5.19. The first-order valence-electron chi connectivity index (χ1n) is 6.03. The van der Waals surface area contributed by atoms with Crippen molar-refractivity contribution in [2.75, 3.05) is 6.66 Å². The Morgan fingerprint density at radius 2 is 1.21 bits per heavy atom. The van der Waals surface area contributed by atoms with Gasteiger partial charge in [-0.3, -0.25) is 0 Å².